The first-order valence-corrected chi connectivity index (χ1v) is 12.7. The Morgan fingerprint density at radius 2 is 1.48 bits per heavy atom. The number of rotatable bonds is 8. The zero-order valence-electron chi connectivity index (χ0n) is 19.5. The Balaban J connectivity index is 0.000000218. The van der Waals surface area contributed by atoms with Gasteiger partial charge >= 0.3 is 0 Å². The summed E-state index contributed by atoms with van der Waals surface area (Å²) in [5, 5.41) is 2.71. The second kappa shape index (κ2) is 13.1. The van der Waals surface area contributed by atoms with Crippen molar-refractivity contribution in [1.29, 1.82) is 0 Å². The topological polar surface area (TPSA) is 21.3 Å². The van der Waals surface area contributed by atoms with E-state index in [1.54, 1.807) is 19.1 Å². The summed E-state index contributed by atoms with van der Waals surface area (Å²) in [6, 6.07) is 31.6. The number of aryl methyl sites for hydroxylation is 1. The molecular formula is C29H31NOS2. The molecule has 2 nitrogen and oxygen atoms in total. The Bertz CT molecular complexity index is 1160. The highest BCUT2D eigenvalue weighted by atomic mass is 32.2. The van der Waals surface area contributed by atoms with Crippen LogP contribution in [0.15, 0.2) is 113 Å². The van der Waals surface area contributed by atoms with E-state index in [-0.39, 0.29) is 0 Å². The van der Waals surface area contributed by atoms with Gasteiger partial charge in [0.2, 0.25) is 0 Å². The van der Waals surface area contributed by atoms with E-state index in [1.165, 1.54) is 31.7 Å². The van der Waals surface area contributed by atoms with Crippen molar-refractivity contribution in [1.82, 2.24) is 4.72 Å². The van der Waals surface area contributed by atoms with Gasteiger partial charge < -0.3 is 4.74 Å². The van der Waals surface area contributed by atoms with Gasteiger partial charge in [-0.05, 0) is 84.1 Å². The number of benzene rings is 4. The minimum absolute atomic E-state index is 0.861. The second-order valence-electron chi connectivity index (χ2n) is 7.74. The number of thioether (sulfide) groups is 1. The molecular weight excluding hydrogens is 442 g/mol. The maximum Gasteiger partial charge on any atom is 0.118 e. The van der Waals surface area contributed by atoms with E-state index in [1.807, 2.05) is 49.0 Å². The van der Waals surface area contributed by atoms with E-state index in [0.29, 0.717) is 0 Å². The lowest BCUT2D eigenvalue weighted by atomic mass is 10.0. The third-order valence-corrected chi connectivity index (χ3v) is 6.85. The van der Waals surface area contributed by atoms with Crippen molar-refractivity contribution in [3.05, 3.63) is 114 Å². The number of methoxy groups -OCH3 is 1. The van der Waals surface area contributed by atoms with Crippen molar-refractivity contribution >= 4 is 34.5 Å². The van der Waals surface area contributed by atoms with Gasteiger partial charge in [-0.25, -0.2) is 0 Å². The molecule has 0 atom stereocenters. The molecule has 4 heteroatoms. The quantitative estimate of drug-likeness (QED) is 0.158. The average Bonchev–Trinajstić information content (AvgIpc) is 2.85. The standard InChI is InChI=1S/C19H18OS.C10H13NS/c1-14-7-8-15(19-6-4-3-5-18(14)19)13-21-17-11-9-16(20-2)10-12-17;1-9(2)8-11-12-10-6-4-3-5-7-10/h3-12H,13H2,1-2H3;3-7,11H,1,8H2,2H3. The van der Waals surface area contributed by atoms with Crippen molar-refractivity contribution in [2.45, 2.75) is 29.4 Å². The summed E-state index contributed by atoms with van der Waals surface area (Å²) in [4.78, 5) is 2.50. The first kappa shape index (κ1) is 25.0. The van der Waals surface area contributed by atoms with Crippen LogP contribution in [0, 0.1) is 6.92 Å². The van der Waals surface area contributed by atoms with Crippen LogP contribution in [0.2, 0.25) is 0 Å². The summed E-state index contributed by atoms with van der Waals surface area (Å²) in [5.41, 5.74) is 3.87. The van der Waals surface area contributed by atoms with Crippen LogP contribution < -0.4 is 9.46 Å². The van der Waals surface area contributed by atoms with E-state index in [4.69, 9.17) is 4.74 Å². The zero-order chi connectivity index (χ0) is 23.5. The fourth-order valence-corrected chi connectivity index (χ4v) is 4.88. The third-order valence-electron chi connectivity index (χ3n) is 4.99. The molecule has 0 saturated carbocycles. The fourth-order valence-electron chi connectivity index (χ4n) is 3.20. The van der Waals surface area contributed by atoms with Crippen molar-refractivity contribution < 1.29 is 4.74 Å². The van der Waals surface area contributed by atoms with Crippen molar-refractivity contribution in [3.63, 3.8) is 0 Å². The number of nitrogens with one attached hydrogen (secondary N) is 1. The maximum atomic E-state index is 5.19. The molecule has 170 valence electrons. The second-order valence-corrected chi connectivity index (χ2v) is 9.76. The minimum Gasteiger partial charge on any atom is -0.497 e. The molecule has 0 amide bonds. The van der Waals surface area contributed by atoms with Crippen LogP contribution in [0.5, 0.6) is 5.75 Å². The monoisotopic (exact) mass is 473 g/mol. The first-order chi connectivity index (χ1) is 16.1. The summed E-state index contributed by atoms with van der Waals surface area (Å²) in [5.74, 6) is 1.88. The summed E-state index contributed by atoms with van der Waals surface area (Å²) in [6.45, 7) is 8.85. The molecule has 0 aromatic heterocycles. The SMILES string of the molecule is C=C(C)CNSc1ccccc1.COc1ccc(SCc2ccc(C)c3ccccc23)cc1. The molecule has 0 spiro atoms. The lowest BCUT2D eigenvalue weighted by Crippen LogP contribution is -2.05. The summed E-state index contributed by atoms with van der Waals surface area (Å²) in [7, 11) is 1.70. The van der Waals surface area contributed by atoms with E-state index in [0.717, 1.165) is 23.6 Å². The highest BCUT2D eigenvalue weighted by molar-refractivity contribution is 7.98. The largest absolute Gasteiger partial charge is 0.497 e. The van der Waals surface area contributed by atoms with Crippen molar-refractivity contribution in [2.24, 2.45) is 0 Å². The molecule has 0 saturated heterocycles. The number of ether oxygens (including phenoxy) is 1. The van der Waals surface area contributed by atoms with Gasteiger partial charge in [0.15, 0.2) is 0 Å². The fraction of sp³-hybridized carbons (Fsp3) is 0.172. The molecule has 0 bridgehead atoms. The molecule has 33 heavy (non-hydrogen) atoms. The molecule has 4 aromatic carbocycles. The Morgan fingerprint density at radius 1 is 0.818 bits per heavy atom. The Hall–Kier alpha value is -2.66. The van der Waals surface area contributed by atoms with Crippen LogP contribution >= 0.6 is 23.7 Å². The molecule has 4 aromatic rings. The normalized spacial score (nSPS) is 10.4. The van der Waals surface area contributed by atoms with E-state index >= 15 is 0 Å². The number of hydrogen-bond donors (Lipinski definition) is 1. The van der Waals surface area contributed by atoms with Crippen LogP contribution in [0.3, 0.4) is 0 Å². The lowest BCUT2D eigenvalue weighted by molar-refractivity contribution is 0.414. The minimum atomic E-state index is 0.861. The molecule has 0 aliphatic carbocycles. The molecule has 0 radical (unpaired) electrons. The number of hydrogen-bond acceptors (Lipinski definition) is 4. The Morgan fingerprint density at radius 3 is 2.15 bits per heavy atom. The molecule has 0 fully saturated rings. The third kappa shape index (κ3) is 8.01. The molecule has 0 aliphatic rings. The highest BCUT2D eigenvalue weighted by Gasteiger charge is 2.04. The Kier molecular flexibility index (Phi) is 9.95. The van der Waals surface area contributed by atoms with Gasteiger partial charge in [0.05, 0.1) is 7.11 Å². The van der Waals surface area contributed by atoms with Gasteiger partial charge in [-0.2, -0.15) is 0 Å². The van der Waals surface area contributed by atoms with Gasteiger partial charge in [0, 0.05) is 22.1 Å². The van der Waals surface area contributed by atoms with Crippen molar-refractivity contribution in [3.8, 4) is 5.75 Å². The van der Waals surface area contributed by atoms with Crippen LogP contribution in [-0.4, -0.2) is 13.7 Å². The molecule has 0 unspecified atom stereocenters. The molecule has 4 rings (SSSR count). The van der Waals surface area contributed by atoms with Crippen LogP contribution in [0.4, 0.5) is 0 Å². The summed E-state index contributed by atoms with van der Waals surface area (Å²) >= 11 is 3.50. The zero-order valence-corrected chi connectivity index (χ0v) is 21.1. The predicted molar refractivity (Wildman–Crippen MR) is 146 cm³/mol. The predicted octanol–water partition coefficient (Wildman–Crippen LogP) is 8.31. The number of fused-ring (bicyclic) bond motifs is 1. The summed E-state index contributed by atoms with van der Waals surface area (Å²) in [6.07, 6.45) is 0. The molecule has 0 heterocycles. The highest BCUT2D eigenvalue weighted by Crippen LogP contribution is 2.29. The molecule has 1 N–H and O–H groups in total. The summed E-state index contributed by atoms with van der Waals surface area (Å²) < 4.78 is 8.41. The van der Waals surface area contributed by atoms with Crippen LogP contribution in [0.1, 0.15) is 18.1 Å². The van der Waals surface area contributed by atoms with Crippen molar-refractivity contribution in [2.75, 3.05) is 13.7 Å². The van der Waals surface area contributed by atoms with Gasteiger partial charge in [0.1, 0.15) is 5.75 Å². The van der Waals surface area contributed by atoms with Crippen LogP contribution in [-0.2, 0) is 5.75 Å². The van der Waals surface area contributed by atoms with Gasteiger partial charge in [-0.3, -0.25) is 4.72 Å². The lowest BCUT2D eigenvalue weighted by Gasteiger charge is -2.09. The van der Waals surface area contributed by atoms with Gasteiger partial charge in [-0.15, -0.1) is 11.8 Å². The smallest absolute Gasteiger partial charge is 0.118 e. The van der Waals surface area contributed by atoms with Crippen LogP contribution in [0.25, 0.3) is 10.8 Å². The first-order valence-electron chi connectivity index (χ1n) is 10.9. The molecule has 0 aliphatic heterocycles. The van der Waals surface area contributed by atoms with E-state index < -0.39 is 0 Å². The Labute approximate surface area is 206 Å². The average molecular weight is 474 g/mol. The van der Waals surface area contributed by atoms with Gasteiger partial charge in [0.25, 0.3) is 0 Å². The van der Waals surface area contributed by atoms with E-state index in [9.17, 15) is 0 Å². The van der Waals surface area contributed by atoms with E-state index in [2.05, 4.69) is 78.9 Å². The maximum absolute atomic E-state index is 5.19. The van der Waals surface area contributed by atoms with Gasteiger partial charge in [-0.1, -0.05) is 66.7 Å².